The molecule has 0 aromatic heterocycles. The molecule has 2 rings (SSSR count). The number of ether oxygens (including phenoxy) is 2. The minimum atomic E-state index is -0.00351. The van der Waals surface area contributed by atoms with Crippen LogP contribution in [0.25, 0.3) is 0 Å². The lowest BCUT2D eigenvalue weighted by atomic mass is 10.1. The summed E-state index contributed by atoms with van der Waals surface area (Å²) in [4.78, 5) is 0. The molecule has 0 spiro atoms. The first-order chi connectivity index (χ1) is 7.79. The maximum Gasteiger partial charge on any atom is 0.137 e. The molecule has 3 nitrogen and oxygen atoms in total. The largest absolute Gasteiger partial charge is 0.492 e. The van der Waals surface area contributed by atoms with Gasteiger partial charge in [0.05, 0.1) is 24.8 Å². The van der Waals surface area contributed by atoms with Gasteiger partial charge in [0.25, 0.3) is 0 Å². The predicted octanol–water partition coefficient (Wildman–Crippen LogP) is 2.25. The van der Waals surface area contributed by atoms with Crippen LogP contribution in [0.5, 0.6) is 5.75 Å². The highest BCUT2D eigenvalue weighted by atomic mass is 35.5. The van der Waals surface area contributed by atoms with Gasteiger partial charge in [0.2, 0.25) is 0 Å². The number of aliphatic hydroxyl groups is 1. The quantitative estimate of drug-likeness (QED) is 0.880. The summed E-state index contributed by atoms with van der Waals surface area (Å²) in [6.07, 6.45) is 1.05. The minimum Gasteiger partial charge on any atom is -0.492 e. The average Bonchev–Trinajstić information content (AvgIpc) is 2.80. The molecule has 1 fully saturated rings. The summed E-state index contributed by atoms with van der Waals surface area (Å²) < 4.78 is 10.9. The number of halogens is 1. The summed E-state index contributed by atoms with van der Waals surface area (Å²) in [7, 11) is 0. The van der Waals surface area contributed by atoms with Crippen molar-refractivity contribution in [3.63, 3.8) is 0 Å². The van der Waals surface area contributed by atoms with Crippen LogP contribution < -0.4 is 4.74 Å². The molecule has 1 N–H and O–H groups in total. The van der Waals surface area contributed by atoms with Crippen LogP contribution in [0.4, 0.5) is 0 Å². The van der Waals surface area contributed by atoms with Gasteiger partial charge in [-0.2, -0.15) is 0 Å². The Kier molecular flexibility index (Phi) is 4.04. The Bertz CT molecular complexity index is 348. The Balaban J connectivity index is 1.93. The molecule has 1 heterocycles. The highest BCUT2D eigenvalue weighted by Crippen LogP contribution is 2.26. The third-order valence-corrected chi connectivity index (χ3v) is 2.97. The maximum atomic E-state index is 8.94. The SMILES string of the molecule is OCc1ccc(OCC2CCOC2)c(Cl)c1. The van der Waals surface area contributed by atoms with E-state index in [1.807, 2.05) is 6.07 Å². The van der Waals surface area contributed by atoms with Crippen LogP contribution in [0.2, 0.25) is 5.02 Å². The van der Waals surface area contributed by atoms with Crippen LogP contribution >= 0.6 is 11.6 Å². The fraction of sp³-hybridized carbons (Fsp3) is 0.500. The van der Waals surface area contributed by atoms with Crippen molar-refractivity contribution in [2.45, 2.75) is 13.0 Å². The van der Waals surface area contributed by atoms with E-state index in [2.05, 4.69) is 0 Å². The minimum absolute atomic E-state index is 0.00351. The van der Waals surface area contributed by atoms with Crippen molar-refractivity contribution < 1.29 is 14.6 Å². The number of benzene rings is 1. The van der Waals surface area contributed by atoms with Gasteiger partial charge >= 0.3 is 0 Å². The van der Waals surface area contributed by atoms with E-state index in [0.29, 0.717) is 23.3 Å². The van der Waals surface area contributed by atoms with Gasteiger partial charge in [-0.15, -0.1) is 0 Å². The molecular weight excluding hydrogens is 228 g/mol. The number of rotatable bonds is 4. The van der Waals surface area contributed by atoms with Crippen LogP contribution in [-0.2, 0) is 11.3 Å². The summed E-state index contributed by atoms with van der Waals surface area (Å²) in [6.45, 7) is 2.23. The molecule has 0 radical (unpaired) electrons. The van der Waals surface area contributed by atoms with E-state index in [1.165, 1.54) is 0 Å². The molecule has 88 valence electrons. The smallest absolute Gasteiger partial charge is 0.137 e. The molecule has 0 bridgehead atoms. The molecule has 0 aliphatic carbocycles. The summed E-state index contributed by atoms with van der Waals surface area (Å²) in [6, 6.07) is 5.33. The second kappa shape index (κ2) is 5.53. The fourth-order valence-corrected chi connectivity index (χ4v) is 1.94. The average molecular weight is 243 g/mol. The van der Waals surface area contributed by atoms with Crippen LogP contribution in [0.1, 0.15) is 12.0 Å². The number of aliphatic hydroxyl groups excluding tert-OH is 1. The zero-order valence-electron chi connectivity index (χ0n) is 8.99. The van der Waals surface area contributed by atoms with Gasteiger partial charge in [0, 0.05) is 12.5 Å². The van der Waals surface area contributed by atoms with Gasteiger partial charge in [0.15, 0.2) is 0 Å². The topological polar surface area (TPSA) is 38.7 Å². The van der Waals surface area contributed by atoms with E-state index in [9.17, 15) is 0 Å². The molecule has 1 saturated heterocycles. The molecule has 4 heteroatoms. The highest BCUT2D eigenvalue weighted by Gasteiger charge is 2.16. The van der Waals surface area contributed by atoms with Gasteiger partial charge < -0.3 is 14.6 Å². The van der Waals surface area contributed by atoms with Gasteiger partial charge in [-0.25, -0.2) is 0 Å². The Morgan fingerprint density at radius 2 is 2.38 bits per heavy atom. The Morgan fingerprint density at radius 3 is 3.00 bits per heavy atom. The van der Waals surface area contributed by atoms with E-state index in [1.54, 1.807) is 12.1 Å². The number of hydrogen-bond donors (Lipinski definition) is 1. The normalized spacial score (nSPS) is 20.0. The molecule has 0 saturated carbocycles. The van der Waals surface area contributed by atoms with Crippen LogP contribution in [0, 0.1) is 5.92 Å². The maximum absolute atomic E-state index is 8.94. The first-order valence-electron chi connectivity index (χ1n) is 5.39. The van der Waals surface area contributed by atoms with E-state index in [4.69, 9.17) is 26.2 Å². The molecular formula is C12H15ClO3. The van der Waals surface area contributed by atoms with Gasteiger partial charge in [-0.3, -0.25) is 0 Å². The summed E-state index contributed by atoms with van der Waals surface area (Å²) >= 11 is 6.03. The van der Waals surface area contributed by atoms with Crippen molar-refractivity contribution in [3.05, 3.63) is 28.8 Å². The van der Waals surface area contributed by atoms with Crippen LogP contribution in [0.3, 0.4) is 0 Å². The molecule has 1 atom stereocenters. The van der Waals surface area contributed by atoms with Crippen molar-refractivity contribution in [1.29, 1.82) is 0 Å². The lowest BCUT2D eigenvalue weighted by molar-refractivity contribution is 0.167. The third kappa shape index (κ3) is 2.88. The highest BCUT2D eigenvalue weighted by molar-refractivity contribution is 6.32. The molecule has 1 aliphatic heterocycles. The van der Waals surface area contributed by atoms with E-state index < -0.39 is 0 Å². The van der Waals surface area contributed by atoms with E-state index in [0.717, 1.165) is 25.2 Å². The zero-order chi connectivity index (χ0) is 11.4. The zero-order valence-corrected chi connectivity index (χ0v) is 9.74. The Labute approximate surface area is 99.9 Å². The Hall–Kier alpha value is -0.770. The molecule has 1 aromatic carbocycles. The first kappa shape index (κ1) is 11.7. The number of hydrogen-bond acceptors (Lipinski definition) is 3. The second-order valence-electron chi connectivity index (χ2n) is 3.96. The van der Waals surface area contributed by atoms with Crippen molar-refractivity contribution in [2.75, 3.05) is 19.8 Å². The molecule has 16 heavy (non-hydrogen) atoms. The standard InChI is InChI=1S/C12H15ClO3/c13-11-5-9(6-14)1-2-12(11)16-8-10-3-4-15-7-10/h1-2,5,10,14H,3-4,6-8H2. The lowest BCUT2D eigenvalue weighted by Gasteiger charge is -2.12. The monoisotopic (exact) mass is 242 g/mol. The third-order valence-electron chi connectivity index (χ3n) is 2.68. The summed E-state index contributed by atoms with van der Waals surface area (Å²) in [5.41, 5.74) is 0.793. The van der Waals surface area contributed by atoms with Gasteiger partial charge in [-0.1, -0.05) is 17.7 Å². The van der Waals surface area contributed by atoms with Gasteiger partial charge in [-0.05, 0) is 24.1 Å². The lowest BCUT2D eigenvalue weighted by Crippen LogP contribution is -2.11. The van der Waals surface area contributed by atoms with Gasteiger partial charge in [0.1, 0.15) is 5.75 Å². The van der Waals surface area contributed by atoms with Crippen molar-refractivity contribution in [1.82, 2.24) is 0 Å². The van der Waals surface area contributed by atoms with Crippen molar-refractivity contribution >= 4 is 11.6 Å². The first-order valence-corrected chi connectivity index (χ1v) is 5.77. The molecule has 0 amide bonds. The van der Waals surface area contributed by atoms with E-state index >= 15 is 0 Å². The summed E-state index contributed by atoms with van der Waals surface area (Å²) in [5.74, 6) is 1.14. The van der Waals surface area contributed by atoms with Crippen molar-refractivity contribution in [2.24, 2.45) is 5.92 Å². The van der Waals surface area contributed by atoms with Crippen LogP contribution in [0.15, 0.2) is 18.2 Å². The molecule has 1 aromatic rings. The second-order valence-corrected chi connectivity index (χ2v) is 4.37. The van der Waals surface area contributed by atoms with Crippen molar-refractivity contribution in [3.8, 4) is 5.75 Å². The fourth-order valence-electron chi connectivity index (χ4n) is 1.68. The van der Waals surface area contributed by atoms with E-state index in [-0.39, 0.29) is 6.61 Å². The summed E-state index contributed by atoms with van der Waals surface area (Å²) in [5, 5.41) is 9.49. The Morgan fingerprint density at radius 1 is 1.50 bits per heavy atom. The predicted molar refractivity (Wildman–Crippen MR) is 61.8 cm³/mol. The molecule has 1 unspecified atom stereocenters. The molecule has 1 aliphatic rings. The van der Waals surface area contributed by atoms with Crippen LogP contribution in [-0.4, -0.2) is 24.9 Å².